The number of ether oxygens (including phenoxy) is 1. The summed E-state index contributed by atoms with van der Waals surface area (Å²) in [6.45, 7) is 7.24. The Morgan fingerprint density at radius 2 is 1.89 bits per heavy atom. The highest BCUT2D eigenvalue weighted by molar-refractivity contribution is 5.20. The topological polar surface area (TPSA) is 140 Å². The molecule has 7 N–H and O–H groups in total. The van der Waals surface area contributed by atoms with Crippen molar-refractivity contribution < 1.29 is 30.3 Å². The van der Waals surface area contributed by atoms with Gasteiger partial charge in [-0.3, -0.25) is 0 Å². The van der Waals surface area contributed by atoms with Crippen LogP contribution < -0.4 is 5.73 Å². The van der Waals surface area contributed by atoms with Crippen molar-refractivity contribution in [3.8, 4) is 0 Å². The zero-order valence-corrected chi connectivity index (χ0v) is 17.0. The Hall–Kier alpha value is -0.580. The second-order valence-corrected chi connectivity index (χ2v) is 7.91. The number of rotatable bonds is 10. The third kappa shape index (κ3) is 7.07. The molecule has 1 saturated heterocycles. The molecule has 0 aromatic heterocycles. The van der Waals surface area contributed by atoms with Crippen molar-refractivity contribution in [3.05, 3.63) is 11.1 Å². The van der Waals surface area contributed by atoms with Crippen LogP contribution in [0.3, 0.4) is 0 Å². The molecule has 0 bridgehead atoms. The van der Waals surface area contributed by atoms with Crippen LogP contribution in [0.15, 0.2) is 11.1 Å². The highest BCUT2D eigenvalue weighted by Crippen LogP contribution is 2.28. The zero-order valence-electron chi connectivity index (χ0n) is 17.0. The summed E-state index contributed by atoms with van der Waals surface area (Å²) in [6.07, 6.45) is -4.92. The van der Waals surface area contributed by atoms with Crippen LogP contribution in [-0.4, -0.2) is 100 Å². The molecule has 8 heteroatoms. The van der Waals surface area contributed by atoms with Gasteiger partial charge in [-0.15, -0.1) is 0 Å². The Morgan fingerprint density at radius 3 is 2.44 bits per heavy atom. The normalized spacial score (nSPS) is 30.8. The molecule has 8 nitrogen and oxygen atoms in total. The van der Waals surface area contributed by atoms with Crippen LogP contribution in [0.1, 0.15) is 33.6 Å². The molecule has 1 rings (SSSR count). The fourth-order valence-electron chi connectivity index (χ4n) is 3.62. The molecule has 1 unspecified atom stereocenters. The number of hydrogen-bond donors (Lipinski definition) is 6. The molecule has 1 heterocycles. The first-order chi connectivity index (χ1) is 12.6. The number of likely N-dealkylation sites (N-methyl/N-ethyl adjacent to an activating group) is 1. The van der Waals surface area contributed by atoms with Crippen molar-refractivity contribution in [3.63, 3.8) is 0 Å². The van der Waals surface area contributed by atoms with Crippen LogP contribution in [-0.2, 0) is 4.74 Å². The number of aliphatic hydroxyl groups excluding tert-OH is 5. The lowest BCUT2D eigenvalue weighted by Gasteiger charge is -2.38. The number of aliphatic hydroxyl groups is 5. The van der Waals surface area contributed by atoms with Gasteiger partial charge in [-0.2, -0.15) is 0 Å². The average molecular weight is 391 g/mol. The standard InChI is InChI=1S/C19H38N2O6/c1-11(9-21(4)6-5-20)7-14(23)18(25)13(3)12(2)16-8-15(24)19(26)17(10-22)27-16/h11,14-19,22-26H,5-10,20H2,1-4H3/b13-12+/t11?,14-,15+,16+,17+,18+,19-/m0/s1. The highest BCUT2D eigenvalue weighted by Gasteiger charge is 2.37. The van der Waals surface area contributed by atoms with Gasteiger partial charge in [-0.05, 0) is 44.4 Å². The molecular weight excluding hydrogens is 352 g/mol. The Morgan fingerprint density at radius 1 is 1.26 bits per heavy atom. The van der Waals surface area contributed by atoms with Crippen LogP contribution in [0, 0.1) is 5.92 Å². The van der Waals surface area contributed by atoms with Gasteiger partial charge < -0.3 is 40.9 Å². The van der Waals surface area contributed by atoms with Crippen molar-refractivity contribution >= 4 is 0 Å². The van der Waals surface area contributed by atoms with Crippen LogP contribution >= 0.6 is 0 Å². The summed E-state index contributed by atoms with van der Waals surface area (Å²) in [5.74, 6) is 0.181. The van der Waals surface area contributed by atoms with E-state index in [4.69, 9.17) is 10.5 Å². The van der Waals surface area contributed by atoms with Gasteiger partial charge in [0, 0.05) is 26.1 Å². The number of hydrogen-bond acceptors (Lipinski definition) is 8. The minimum Gasteiger partial charge on any atom is -0.394 e. The van der Waals surface area contributed by atoms with Crippen molar-refractivity contribution in [2.24, 2.45) is 11.7 Å². The van der Waals surface area contributed by atoms with Crippen molar-refractivity contribution in [2.75, 3.05) is 33.3 Å². The second-order valence-electron chi connectivity index (χ2n) is 7.91. The van der Waals surface area contributed by atoms with E-state index in [0.717, 1.165) is 13.1 Å². The summed E-state index contributed by atoms with van der Waals surface area (Å²) >= 11 is 0. The molecule has 0 aromatic rings. The Labute approximate surface area is 162 Å². The Kier molecular flexibility index (Phi) is 10.4. The van der Waals surface area contributed by atoms with Gasteiger partial charge in [-0.1, -0.05) is 6.92 Å². The molecule has 0 aliphatic carbocycles. The fraction of sp³-hybridized carbons (Fsp3) is 0.895. The van der Waals surface area contributed by atoms with Crippen LogP contribution in [0.2, 0.25) is 0 Å². The van der Waals surface area contributed by atoms with E-state index in [1.54, 1.807) is 13.8 Å². The van der Waals surface area contributed by atoms with Gasteiger partial charge in [0.15, 0.2) is 0 Å². The lowest BCUT2D eigenvalue weighted by Crippen LogP contribution is -2.50. The molecule has 0 radical (unpaired) electrons. The first kappa shape index (κ1) is 24.5. The molecule has 0 spiro atoms. The molecule has 27 heavy (non-hydrogen) atoms. The maximum atomic E-state index is 10.6. The Balaban J connectivity index is 2.72. The van der Waals surface area contributed by atoms with Gasteiger partial charge in [0.2, 0.25) is 0 Å². The lowest BCUT2D eigenvalue weighted by atomic mass is 9.89. The van der Waals surface area contributed by atoms with Gasteiger partial charge in [-0.25, -0.2) is 0 Å². The highest BCUT2D eigenvalue weighted by atomic mass is 16.5. The van der Waals surface area contributed by atoms with Gasteiger partial charge in [0.25, 0.3) is 0 Å². The van der Waals surface area contributed by atoms with E-state index < -0.39 is 43.2 Å². The summed E-state index contributed by atoms with van der Waals surface area (Å²) < 4.78 is 5.66. The van der Waals surface area contributed by atoms with E-state index in [1.807, 2.05) is 14.0 Å². The van der Waals surface area contributed by atoms with E-state index in [0.29, 0.717) is 24.1 Å². The second kappa shape index (κ2) is 11.4. The molecule has 0 saturated carbocycles. The van der Waals surface area contributed by atoms with E-state index in [-0.39, 0.29) is 12.3 Å². The third-order valence-electron chi connectivity index (χ3n) is 5.44. The van der Waals surface area contributed by atoms with Gasteiger partial charge in [0.1, 0.15) is 18.3 Å². The number of nitrogens with zero attached hydrogens (tertiary/aromatic N) is 1. The minimum atomic E-state index is -1.14. The molecule has 0 aromatic carbocycles. The predicted octanol–water partition coefficient (Wildman–Crippen LogP) is -1.17. The minimum absolute atomic E-state index is 0.171. The zero-order chi connectivity index (χ0) is 20.7. The fourth-order valence-corrected chi connectivity index (χ4v) is 3.62. The van der Waals surface area contributed by atoms with E-state index in [9.17, 15) is 25.5 Å². The van der Waals surface area contributed by atoms with E-state index in [2.05, 4.69) is 4.90 Å². The molecule has 1 fully saturated rings. The summed E-state index contributed by atoms with van der Waals surface area (Å²) in [5, 5.41) is 50.1. The van der Waals surface area contributed by atoms with Gasteiger partial charge in [0.05, 0.1) is 24.9 Å². The first-order valence-electron chi connectivity index (χ1n) is 9.66. The summed E-state index contributed by atoms with van der Waals surface area (Å²) in [4.78, 5) is 2.09. The predicted molar refractivity (Wildman–Crippen MR) is 103 cm³/mol. The van der Waals surface area contributed by atoms with E-state index >= 15 is 0 Å². The monoisotopic (exact) mass is 390 g/mol. The molecular formula is C19H38N2O6. The molecule has 160 valence electrons. The largest absolute Gasteiger partial charge is 0.394 e. The smallest absolute Gasteiger partial charge is 0.110 e. The Bertz CT molecular complexity index is 475. The first-order valence-corrected chi connectivity index (χ1v) is 9.66. The molecule has 1 aliphatic heterocycles. The molecule has 1 aliphatic rings. The summed E-state index contributed by atoms with van der Waals surface area (Å²) in [7, 11) is 1.97. The molecule has 0 amide bonds. The average Bonchev–Trinajstić information content (AvgIpc) is 2.61. The SMILES string of the molecule is C/C(=C(/C)[C@H]1C[C@@H](O)[C@H](O)[C@@H](CO)O1)[C@@H](O)[C@@H](O)CC(C)CN(C)CCN. The van der Waals surface area contributed by atoms with Crippen LogP contribution in [0.25, 0.3) is 0 Å². The van der Waals surface area contributed by atoms with E-state index in [1.165, 1.54) is 0 Å². The quantitative estimate of drug-likeness (QED) is 0.257. The lowest BCUT2D eigenvalue weighted by molar-refractivity contribution is -0.170. The maximum Gasteiger partial charge on any atom is 0.110 e. The number of nitrogens with two attached hydrogens (primary N) is 1. The van der Waals surface area contributed by atoms with Crippen LogP contribution in [0.4, 0.5) is 0 Å². The molecule has 7 atom stereocenters. The van der Waals surface area contributed by atoms with Crippen molar-refractivity contribution in [1.29, 1.82) is 0 Å². The van der Waals surface area contributed by atoms with Crippen LogP contribution in [0.5, 0.6) is 0 Å². The van der Waals surface area contributed by atoms with Crippen molar-refractivity contribution in [2.45, 2.75) is 70.2 Å². The summed E-state index contributed by atoms with van der Waals surface area (Å²) in [5.41, 5.74) is 6.81. The third-order valence-corrected chi connectivity index (χ3v) is 5.44. The van der Waals surface area contributed by atoms with Gasteiger partial charge >= 0.3 is 0 Å². The summed E-state index contributed by atoms with van der Waals surface area (Å²) in [6, 6.07) is 0. The van der Waals surface area contributed by atoms with Crippen molar-refractivity contribution in [1.82, 2.24) is 4.90 Å². The maximum absolute atomic E-state index is 10.6.